The highest BCUT2D eigenvalue weighted by Crippen LogP contribution is 2.21. The first kappa shape index (κ1) is 17.5. The van der Waals surface area contributed by atoms with E-state index in [4.69, 9.17) is 4.74 Å². The van der Waals surface area contributed by atoms with Crippen LogP contribution < -0.4 is 4.74 Å². The van der Waals surface area contributed by atoms with Gasteiger partial charge in [-0.05, 0) is 38.9 Å². The van der Waals surface area contributed by atoms with Crippen LogP contribution in [0.5, 0.6) is 5.75 Å². The summed E-state index contributed by atoms with van der Waals surface area (Å²) in [6.07, 6.45) is 0.762. The van der Waals surface area contributed by atoms with Crippen LogP contribution in [-0.2, 0) is 16.0 Å². The van der Waals surface area contributed by atoms with Crippen molar-refractivity contribution in [3.05, 3.63) is 29.8 Å². The molecule has 0 aliphatic heterocycles. The lowest BCUT2D eigenvalue weighted by Gasteiger charge is -2.31. The maximum atomic E-state index is 11.5. The molecule has 0 amide bonds. The largest absolute Gasteiger partial charge is 0.496 e. The molecule has 0 aliphatic rings. The molecule has 5 nitrogen and oxygen atoms in total. The summed E-state index contributed by atoms with van der Waals surface area (Å²) in [5.74, 6) is 0.219. The Kier molecular flexibility index (Phi) is 6.18. The molecule has 0 saturated heterocycles. The molecule has 0 aromatic heterocycles. The molecule has 0 heterocycles. The summed E-state index contributed by atoms with van der Waals surface area (Å²) in [4.78, 5) is 13.5. The van der Waals surface area contributed by atoms with Gasteiger partial charge in [0.1, 0.15) is 5.75 Å². The Morgan fingerprint density at radius 2 is 2.00 bits per heavy atom. The summed E-state index contributed by atoms with van der Waals surface area (Å²) in [5, 5.41) is 10.1. The Balaban J connectivity index is 2.71. The van der Waals surface area contributed by atoms with Crippen LogP contribution in [0.15, 0.2) is 24.3 Å². The molecule has 0 fully saturated rings. The van der Waals surface area contributed by atoms with E-state index in [9.17, 15) is 9.90 Å². The Hall–Kier alpha value is -1.59. The number of ether oxygens (including phenoxy) is 2. The zero-order valence-corrected chi connectivity index (χ0v) is 13.4. The first-order valence-electron chi connectivity index (χ1n) is 6.94. The zero-order valence-electron chi connectivity index (χ0n) is 13.4. The number of methoxy groups -OCH3 is 2. The van der Waals surface area contributed by atoms with Gasteiger partial charge in [0.05, 0.1) is 14.2 Å². The van der Waals surface area contributed by atoms with Gasteiger partial charge in [-0.3, -0.25) is 4.90 Å². The molecule has 1 N–H and O–H groups in total. The van der Waals surface area contributed by atoms with E-state index in [2.05, 4.69) is 4.74 Å². The number of para-hydroxylation sites is 1. The van der Waals surface area contributed by atoms with Gasteiger partial charge in [-0.25, -0.2) is 4.79 Å². The Morgan fingerprint density at radius 3 is 2.57 bits per heavy atom. The number of benzene rings is 1. The summed E-state index contributed by atoms with van der Waals surface area (Å²) >= 11 is 0. The molecule has 5 heteroatoms. The van der Waals surface area contributed by atoms with E-state index in [0.717, 1.165) is 17.7 Å². The number of esters is 1. The molecule has 2 atom stereocenters. The van der Waals surface area contributed by atoms with Crippen LogP contribution in [0, 0.1) is 0 Å². The summed E-state index contributed by atoms with van der Waals surface area (Å²) in [7, 11) is 4.79. The van der Waals surface area contributed by atoms with Crippen molar-refractivity contribution < 1.29 is 19.4 Å². The smallest absolute Gasteiger partial charge is 0.338 e. The van der Waals surface area contributed by atoms with Crippen LogP contribution in [0.25, 0.3) is 0 Å². The van der Waals surface area contributed by atoms with E-state index in [-0.39, 0.29) is 12.6 Å². The summed E-state index contributed by atoms with van der Waals surface area (Å²) in [6, 6.07) is 7.97. The van der Waals surface area contributed by atoms with Gasteiger partial charge in [0.25, 0.3) is 0 Å². The number of carbonyl (C=O) groups excluding carboxylic acids is 1. The van der Waals surface area contributed by atoms with Crippen LogP contribution >= 0.6 is 0 Å². The number of likely N-dealkylation sites (N-methyl/N-ethyl adjacent to an activating group) is 1. The van der Waals surface area contributed by atoms with Gasteiger partial charge in [-0.2, -0.15) is 0 Å². The van der Waals surface area contributed by atoms with Crippen molar-refractivity contribution in [2.24, 2.45) is 0 Å². The van der Waals surface area contributed by atoms with Crippen LogP contribution in [0.4, 0.5) is 0 Å². The standard InChI is InChI=1S/C16H25NO4/c1-12(10-13-8-6-7-9-14(13)20-4)17(3)11-16(2,19)15(18)21-5/h6-9,12,19H,10-11H2,1-5H3. The molecule has 21 heavy (non-hydrogen) atoms. The van der Waals surface area contributed by atoms with Gasteiger partial charge in [-0.15, -0.1) is 0 Å². The second-order valence-electron chi connectivity index (χ2n) is 5.55. The maximum absolute atomic E-state index is 11.5. The third-order valence-corrected chi connectivity index (χ3v) is 3.64. The fraction of sp³-hybridized carbons (Fsp3) is 0.562. The molecule has 118 valence electrons. The van der Waals surface area contributed by atoms with Gasteiger partial charge in [0.2, 0.25) is 0 Å². The van der Waals surface area contributed by atoms with Crippen molar-refractivity contribution in [3.63, 3.8) is 0 Å². The van der Waals surface area contributed by atoms with Crippen LogP contribution in [0.3, 0.4) is 0 Å². The van der Waals surface area contributed by atoms with Crippen molar-refractivity contribution in [2.75, 3.05) is 27.8 Å². The van der Waals surface area contributed by atoms with E-state index >= 15 is 0 Å². The molecule has 0 spiro atoms. The fourth-order valence-corrected chi connectivity index (χ4v) is 2.27. The molecule has 1 aromatic carbocycles. The van der Waals surface area contributed by atoms with Crippen LogP contribution in [-0.4, -0.2) is 55.4 Å². The number of rotatable bonds is 7. The highest BCUT2D eigenvalue weighted by Gasteiger charge is 2.33. The second-order valence-corrected chi connectivity index (χ2v) is 5.55. The van der Waals surface area contributed by atoms with E-state index in [0.29, 0.717) is 0 Å². The Labute approximate surface area is 126 Å². The monoisotopic (exact) mass is 295 g/mol. The molecular weight excluding hydrogens is 270 g/mol. The minimum Gasteiger partial charge on any atom is -0.496 e. The summed E-state index contributed by atoms with van der Waals surface area (Å²) < 4.78 is 9.96. The minimum absolute atomic E-state index is 0.137. The average Bonchev–Trinajstić information content (AvgIpc) is 2.46. The molecule has 0 radical (unpaired) electrons. The summed E-state index contributed by atoms with van der Waals surface area (Å²) in [6.45, 7) is 3.71. The summed E-state index contributed by atoms with van der Waals surface area (Å²) in [5.41, 5.74) is -0.421. The van der Waals surface area contributed by atoms with Crippen molar-refractivity contribution in [2.45, 2.75) is 31.9 Å². The van der Waals surface area contributed by atoms with Crippen molar-refractivity contribution in [1.29, 1.82) is 0 Å². The number of carbonyl (C=O) groups is 1. The van der Waals surface area contributed by atoms with E-state index in [1.807, 2.05) is 43.1 Å². The van der Waals surface area contributed by atoms with E-state index in [1.165, 1.54) is 14.0 Å². The third kappa shape index (κ3) is 4.72. The topological polar surface area (TPSA) is 59.0 Å². The molecule has 2 unspecified atom stereocenters. The predicted molar refractivity (Wildman–Crippen MR) is 81.4 cm³/mol. The second kappa shape index (κ2) is 7.43. The third-order valence-electron chi connectivity index (χ3n) is 3.64. The number of hydrogen-bond acceptors (Lipinski definition) is 5. The van der Waals surface area contributed by atoms with Crippen LogP contribution in [0.1, 0.15) is 19.4 Å². The lowest BCUT2D eigenvalue weighted by molar-refractivity contribution is -0.162. The Morgan fingerprint density at radius 1 is 1.38 bits per heavy atom. The highest BCUT2D eigenvalue weighted by molar-refractivity contribution is 5.78. The molecule has 1 rings (SSSR count). The van der Waals surface area contributed by atoms with Gasteiger partial charge < -0.3 is 14.6 Å². The predicted octanol–water partition coefficient (Wildman–Crippen LogP) is 1.48. The van der Waals surface area contributed by atoms with Gasteiger partial charge in [-0.1, -0.05) is 18.2 Å². The highest BCUT2D eigenvalue weighted by atomic mass is 16.5. The fourth-order valence-electron chi connectivity index (χ4n) is 2.27. The van der Waals surface area contributed by atoms with Crippen molar-refractivity contribution in [3.8, 4) is 5.75 Å². The van der Waals surface area contributed by atoms with E-state index in [1.54, 1.807) is 7.11 Å². The molecule has 0 saturated carbocycles. The van der Waals surface area contributed by atoms with Gasteiger partial charge in [0, 0.05) is 12.6 Å². The number of nitrogens with zero attached hydrogens (tertiary/aromatic N) is 1. The number of aliphatic hydroxyl groups is 1. The first-order valence-corrected chi connectivity index (χ1v) is 6.94. The maximum Gasteiger partial charge on any atom is 0.338 e. The lowest BCUT2D eigenvalue weighted by atomic mass is 10.0. The molecule has 1 aromatic rings. The average molecular weight is 295 g/mol. The quantitative estimate of drug-likeness (QED) is 0.772. The first-order chi connectivity index (χ1) is 9.81. The van der Waals surface area contributed by atoms with Crippen LogP contribution in [0.2, 0.25) is 0 Å². The van der Waals surface area contributed by atoms with E-state index < -0.39 is 11.6 Å². The van der Waals surface area contributed by atoms with Crippen molar-refractivity contribution >= 4 is 5.97 Å². The lowest BCUT2D eigenvalue weighted by Crippen LogP contribution is -2.49. The molecule has 0 aliphatic carbocycles. The normalized spacial score (nSPS) is 15.4. The molecule has 0 bridgehead atoms. The SMILES string of the molecule is COC(=O)C(C)(O)CN(C)C(C)Cc1ccccc1OC. The zero-order chi connectivity index (χ0) is 16.0. The minimum atomic E-state index is -1.52. The van der Waals surface area contributed by atoms with Gasteiger partial charge in [0.15, 0.2) is 5.60 Å². The van der Waals surface area contributed by atoms with Gasteiger partial charge >= 0.3 is 5.97 Å². The Bertz CT molecular complexity index is 473. The van der Waals surface area contributed by atoms with Crippen molar-refractivity contribution in [1.82, 2.24) is 4.90 Å². The molecular formula is C16H25NO4. The number of hydrogen-bond donors (Lipinski definition) is 1.